The number of amides is 1. The molecule has 0 aliphatic rings. The SMILES string of the molecule is CCOc1ccc(C(=O)c2cn(CC(=O)Nc3ccc(F)cc3)c3ccc(OCC)cc3c2=O)cc1. The van der Waals surface area contributed by atoms with Gasteiger partial charge in [0.05, 0.1) is 29.7 Å². The highest BCUT2D eigenvalue weighted by Gasteiger charge is 2.19. The molecule has 4 aromatic rings. The van der Waals surface area contributed by atoms with Crippen LogP contribution in [0.2, 0.25) is 0 Å². The number of fused-ring (bicyclic) bond motifs is 1. The molecule has 0 saturated carbocycles. The van der Waals surface area contributed by atoms with Gasteiger partial charge in [-0.3, -0.25) is 14.4 Å². The van der Waals surface area contributed by atoms with E-state index in [1.165, 1.54) is 30.5 Å². The number of pyridine rings is 1. The lowest BCUT2D eigenvalue weighted by Crippen LogP contribution is -2.24. The number of hydrogen-bond acceptors (Lipinski definition) is 5. The fourth-order valence-corrected chi connectivity index (χ4v) is 3.84. The van der Waals surface area contributed by atoms with E-state index >= 15 is 0 Å². The molecule has 0 fully saturated rings. The number of benzene rings is 3. The van der Waals surface area contributed by atoms with Crippen LogP contribution in [0.4, 0.5) is 10.1 Å². The van der Waals surface area contributed by atoms with Crippen LogP contribution in [0.5, 0.6) is 11.5 Å². The number of hydrogen-bond donors (Lipinski definition) is 1. The first-order valence-corrected chi connectivity index (χ1v) is 11.5. The van der Waals surface area contributed by atoms with E-state index in [1.54, 1.807) is 47.0 Å². The van der Waals surface area contributed by atoms with Gasteiger partial charge in [-0.1, -0.05) is 0 Å². The van der Waals surface area contributed by atoms with Gasteiger partial charge in [-0.15, -0.1) is 0 Å². The number of nitrogens with one attached hydrogen (secondary N) is 1. The van der Waals surface area contributed by atoms with Crippen molar-refractivity contribution in [1.29, 1.82) is 0 Å². The van der Waals surface area contributed by atoms with Crippen molar-refractivity contribution in [2.75, 3.05) is 18.5 Å². The van der Waals surface area contributed by atoms with Gasteiger partial charge in [0, 0.05) is 17.4 Å². The minimum atomic E-state index is -0.473. The Morgan fingerprint density at radius 1 is 0.889 bits per heavy atom. The van der Waals surface area contributed by atoms with Crippen molar-refractivity contribution in [1.82, 2.24) is 4.57 Å². The first-order valence-electron chi connectivity index (χ1n) is 11.5. The number of anilines is 1. The van der Waals surface area contributed by atoms with Gasteiger partial charge in [-0.25, -0.2) is 4.39 Å². The fraction of sp³-hybridized carbons (Fsp3) is 0.179. The van der Waals surface area contributed by atoms with Crippen molar-refractivity contribution in [3.8, 4) is 11.5 Å². The predicted molar refractivity (Wildman–Crippen MR) is 135 cm³/mol. The first-order chi connectivity index (χ1) is 17.4. The maximum Gasteiger partial charge on any atom is 0.244 e. The molecule has 1 aromatic heterocycles. The van der Waals surface area contributed by atoms with Gasteiger partial charge >= 0.3 is 0 Å². The number of carbonyl (C=O) groups is 2. The molecule has 4 rings (SSSR count). The Morgan fingerprint density at radius 2 is 1.53 bits per heavy atom. The molecule has 1 amide bonds. The van der Waals surface area contributed by atoms with Crippen molar-refractivity contribution >= 4 is 28.3 Å². The van der Waals surface area contributed by atoms with Crippen LogP contribution in [0.15, 0.2) is 77.7 Å². The summed E-state index contributed by atoms with van der Waals surface area (Å²) < 4.78 is 25.7. The molecule has 0 saturated heterocycles. The second-order valence-electron chi connectivity index (χ2n) is 7.95. The standard InChI is InChI=1S/C28H25FN2O5/c1-3-35-21-11-5-18(6-12-21)27(33)24-16-31(17-26(32)30-20-9-7-19(29)8-10-20)25-14-13-22(36-4-2)15-23(25)28(24)34/h5-16H,3-4,17H2,1-2H3,(H,30,32). The van der Waals surface area contributed by atoms with Crippen molar-refractivity contribution in [2.45, 2.75) is 20.4 Å². The maximum atomic E-state index is 13.4. The van der Waals surface area contributed by atoms with E-state index in [9.17, 15) is 18.8 Å². The average Bonchev–Trinajstić information content (AvgIpc) is 2.87. The summed E-state index contributed by atoms with van der Waals surface area (Å²) >= 11 is 0. The van der Waals surface area contributed by atoms with E-state index in [0.717, 1.165) is 0 Å². The van der Waals surface area contributed by atoms with Crippen molar-refractivity contribution in [2.24, 2.45) is 0 Å². The molecule has 0 aliphatic heterocycles. The molecular weight excluding hydrogens is 463 g/mol. The molecule has 0 aliphatic carbocycles. The third-order valence-corrected chi connectivity index (χ3v) is 5.48. The zero-order valence-corrected chi connectivity index (χ0v) is 19.9. The second kappa shape index (κ2) is 10.9. The maximum absolute atomic E-state index is 13.4. The average molecular weight is 489 g/mol. The zero-order valence-electron chi connectivity index (χ0n) is 19.9. The summed E-state index contributed by atoms with van der Waals surface area (Å²) in [6.07, 6.45) is 1.40. The van der Waals surface area contributed by atoms with Crippen LogP contribution in [0.3, 0.4) is 0 Å². The number of ketones is 1. The van der Waals surface area contributed by atoms with Gasteiger partial charge in [-0.2, -0.15) is 0 Å². The fourth-order valence-electron chi connectivity index (χ4n) is 3.84. The number of carbonyl (C=O) groups excluding carboxylic acids is 2. The number of ether oxygens (including phenoxy) is 2. The monoisotopic (exact) mass is 488 g/mol. The number of rotatable bonds is 9. The summed E-state index contributed by atoms with van der Waals surface area (Å²) in [4.78, 5) is 39.5. The number of aromatic nitrogens is 1. The third kappa shape index (κ3) is 5.43. The molecule has 1 heterocycles. The second-order valence-corrected chi connectivity index (χ2v) is 7.95. The van der Waals surface area contributed by atoms with Crippen LogP contribution >= 0.6 is 0 Å². The molecule has 0 unspecified atom stereocenters. The molecule has 0 atom stereocenters. The lowest BCUT2D eigenvalue weighted by molar-refractivity contribution is -0.116. The Balaban J connectivity index is 1.74. The lowest BCUT2D eigenvalue weighted by Gasteiger charge is -2.15. The normalized spacial score (nSPS) is 10.8. The largest absolute Gasteiger partial charge is 0.494 e. The summed E-state index contributed by atoms with van der Waals surface area (Å²) in [5, 5.41) is 2.96. The van der Waals surface area contributed by atoms with Gasteiger partial charge in [0.1, 0.15) is 23.9 Å². The van der Waals surface area contributed by atoms with Crippen LogP contribution in [0, 0.1) is 5.82 Å². The van der Waals surface area contributed by atoms with Crippen molar-refractivity contribution in [3.05, 3.63) is 100 Å². The highest BCUT2D eigenvalue weighted by Crippen LogP contribution is 2.22. The van der Waals surface area contributed by atoms with E-state index < -0.39 is 22.9 Å². The first kappa shape index (κ1) is 24.7. The molecule has 36 heavy (non-hydrogen) atoms. The Hall–Kier alpha value is -4.46. The Bertz CT molecular complexity index is 1460. The van der Waals surface area contributed by atoms with E-state index in [2.05, 4.69) is 5.32 Å². The summed E-state index contributed by atoms with van der Waals surface area (Å²) in [6, 6.07) is 16.9. The number of nitrogens with zero attached hydrogens (tertiary/aromatic N) is 1. The summed E-state index contributed by atoms with van der Waals surface area (Å²) in [7, 11) is 0. The van der Waals surface area contributed by atoms with Crippen LogP contribution < -0.4 is 20.2 Å². The molecule has 0 radical (unpaired) electrons. The van der Waals surface area contributed by atoms with Crippen LogP contribution in [-0.4, -0.2) is 29.5 Å². The van der Waals surface area contributed by atoms with E-state index in [0.29, 0.717) is 41.5 Å². The molecule has 184 valence electrons. The van der Waals surface area contributed by atoms with Gasteiger partial charge in [0.15, 0.2) is 5.78 Å². The molecule has 1 N–H and O–H groups in total. The Kier molecular flexibility index (Phi) is 7.44. The minimum absolute atomic E-state index is 0.0742. The number of halogens is 1. The molecule has 0 bridgehead atoms. The highest BCUT2D eigenvalue weighted by molar-refractivity contribution is 6.10. The Morgan fingerprint density at radius 3 is 2.19 bits per heavy atom. The smallest absolute Gasteiger partial charge is 0.244 e. The predicted octanol–water partition coefficient (Wildman–Crippen LogP) is 4.81. The quantitative estimate of drug-likeness (QED) is 0.342. The van der Waals surface area contributed by atoms with E-state index in [4.69, 9.17) is 9.47 Å². The van der Waals surface area contributed by atoms with Crippen molar-refractivity contribution in [3.63, 3.8) is 0 Å². The molecule has 3 aromatic carbocycles. The summed E-state index contributed by atoms with van der Waals surface area (Å²) in [6.45, 7) is 4.41. The third-order valence-electron chi connectivity index (χ3n) is 5.48. The van der Waals surface area contributed by atoms with Gasteiger partial charge in [0.2, 0.25) is 11.3 Å². The lowest BCUT2D eigenvalue weighted by atomic mass is 10.0. The van der Waals surface area contributed by atoms with Crippen LogP contribution in [0.1, 0.15) is 29.8 Å². The van der Waals surface area contributed by atoms with Gasteiger partial charge in [-0.05, 0) is 80.6 Å². The molecule has 0 spiro atoms. The highest BCUT2D eigenvalue weighted by atomic mass is 19.1. The van der Waals surface area contributed by atoms with Crippen molar-refractivity contribution < 1.29 is 23.5 Å². The van der Waals surface area contributed by atoms with E-state index in [1.807, 2.05) is 13.8 Å². The van der Waals surface area contributed by atoms with Crippen LogP contribution in [0.25, 0.3) is 10.9 Å². The van der Waals surface area contributed by atoms with Gasteiger partial charge < -0.3 is 19.4 Å². The van der Waals surface area contributed by atoms with E-state index in [-0.39, 0.29) is 17.5 Å². The molecular formula is C28H25FN2O5. The molecule has 7 nitrogen and oxygen atoms in total. The summed E-state index contributed by atoms with van der Waals surface area (Å²) in [5.74, 6) is -0.194. The topological polar surface area (TPSA) is 86.6 Å². The Labute approximate surface area is 207 Å². The summed E-state index contributed by atoms with van der Waals surface area (Å²) in [5.41, 5.74) is 0.686. The minimum Gasteiger partial charge on any atom is -0.494 e. The zero-order chi connectivity index (χ0) is 25.7. The molecule has 8 heteroatoms. The van der Waals surface area contributed by atoms with Gasteiger partial charge in [0.25, 0.3) is 0 Å². The van der Waals surface area contributed by atoms with Crippen LogP contribution in [-0.2, 0) is 11.3 Å².